The monoisotopic (exact) mass is 341 g/mol. The first-order chi connectivity index (χ1) is 12.0. The summed E-state index contributed by atoms with van der Waals surface area (Å²) < 4.78 is 11.4. The van der Waals surface area contributed by atoms with E-state index in [4.69, 9.17) is 9.47 Å². The molecule has 1 N–H and O–H groups in total. The smallest absolute Gasteiger partial charge is 0.255 e. The number of hydrogen-bond donors (Lipinski definition) is 1. The summed E-state index contributed by atoms with van der Waals surface area (Å²) in [6.07, 6.45) is 0. The summed E-state index contributed by atoms with van der Waals surface area (Å²) in [6.45, 7) is 9.83. The minimum absolute atomic E-state index is 0.140. The third-order valence-corrected chi connectivity index (χ3v) is 3.61. The Kier molecular flexibility index (Phi) is 7.02. The summed E-state index contributed by atoms with van der Waals surface area (Å²) in [5.41, 5.74) is 3.37. The lowest BCUT2D eigenvalue weighted by molar-refractivity contribution is 0.0948. The van der Waals surface area contributed by atoms with Crippen LogP contribution in [0.4, 0.5) is 5.69 Å². The van der Waals surface area contributed by atoms with Crippen LogP contribution in [-0.2, 0) is 11.3 Å². The molecule has 1 amide bonds. The molecule has 0 radical (unpaired) electrons. The predicted molar refractivity (Wildman–Crippen MR) is 101 cm³/mol. The number of anilines is 1. The molecule has 0 aliphatic carbocycles. The molecule has 4 nitrogen and oxygen atoms in total. The Hall–Kier alpha value is -2.33. The number of rotatable bonds is 8. The predicted octanol–water partition coefficient (Wildman–Crippen LogP) is 4.82. The van der Waals surface area contributed by atoms with Crippen molar-refractivity contribution < 1.29 is 14.3 Å². The molecule has 0 heterocycles. The van der Waals surface area contributed by atoms with Crippen molar-refractivity contribution in [1.82, 2.24) is 0 Å². The molecule has 2 aromatic rings. The van der Waals surface area contributed by atoms with Gasteiger partial charge in [-0.2, -0.15) is 0 Å². The maximum absolute atomic E-state index is 12.5. The minimum Gasteiger partial charge on any atom is -0.494 e. The number of carbonyl (C=O) groups excluding carboxylic acids is 1. The third-order valence-electron chi connectivity index (χ3n) is 3.61. The quantitative estimate of drug-likeness (QED) is 0.749. The van der Waals surface area contributed by atoms with Gasteiger partial charge >= 0.3 is 0 Å². The molecule has 0 spiro atoms. The van der Waals surface area contributed by atoms with Crippen molar-refractivity contribution in [3.05, 3.63) is 59.2 Å². The maximum Gasteiger partial charge on any atom is 0.255 e. The van der Waals surface area contributed by atoms with Crippen LogP contribution in [0.2, 0.25) is 0 Å². The summed E-state index contributed by atoms with van der Waals surface area (Å²) in [4.78, 5) is 12.5. The Balaban J connectivity index is 2.15. The zero-order valence-electron chi connectivity index (χ0n) is 15.5. The van der Waals surface area contributed by atoms with Gasteiger partial charge in [-0.15, -0.1) is 0 Å². The van der Waals surface area contributed by atoms with Crippen LogP contribution in [0.15, 0.2) is 42.5 Å². The zero-order valence-corrected chi connectivity index (χ0v) is 15.5. The summed E-state index contributed by atoms with van der Waals surface area (Å²) in [5.74, 6) is 1.08. The molecule has 0 saturated carbocycles. The van der Waals surface area contributed by atoms with Gasteiger partial charge in [-0.25, -0.2) is 0 Å². The van der Waals surface area contributed by atoms with E-state index in [2.05, 4.69) is 19.2 Å². The molecule has 0 aliphatic rings. The SMILES string of the molecule is CCOc1ccc(C(=O)Nc2cccc(C)c2)cc1COCC(C)C. The Morgan fingerprint density at radius 3 is 2.64 bits per heavy atom. The van der Waals surface area contributed by atoms with E-state index in [1.165, 1.54) is 0 Å². The van der Waals surface area contributed by atoms with Crippen LogP contribution < -0.4 is 10.1 Å². The zero-order chi connectivity index (χ0) is 18.2. The van der Waals surface area contributed by atoms with Crippen LogP contribution in [0.1, 0.15) is 42.3 Å². The molecule has 2 aromatic carbocycles. The van der Waals surface area contributed by atoms with E-state index in [-0.39, 0.29) is 5.91 Å². The Labute approximate surface area is 150 Å². The van der Waals surface area contributed by atoms with Gasteiger partial charge in [0, 0.05) is 23.4 Å². The summed E-state index contributed by atoms with van der Waals surface area (Å²) in [5, 5.41) is 2.93. The van der Waals surface area contributed by atoms with Gasteiger partial charge in [0.25, 0.3) is 5.91 Å². The molecule has 134 valence electrons. The van der Waals surface area contributed by atoms with E-state index in [0.29, 0.717) is 31.3 Å². The van der Waals surface area contributed by atoms with Gasteiger partial charge in [0.15, 0.2) is 0 Å². The molecule has 25 heavy (non-hydrogen) atoms. The van der Waals surface area contributed by atoms with Gasteiger partial charge in [-0.05, 0) is 55.7 Å². The van der Waals surface area contributed by atoms with Crippen molar-refractivity contribution in [3.8, 4) is 5.75 Å². The first-order valence-corrected chi connectivity index (χ1v) is 8.71. The average molecular weight is 341 g/mol. The molecule has 0 saturated heterocycles. The van der Waals surface area contributed by atoms with Crippen LogP contribution in [0.3, 0.4) is 0 Å². The lowest BCUT2D eigenvalue weighted by atomic mass is 10.1. The second-order valence-corrected chi connectivity index (χ2v) is 6.49. The number of ether oxygens (including phenoxy) is 2. The van der Waals surface area contributed by atoms with Crippen LogP contribution in [-0.4, -0.2) is 19.1 Å². The van der Waals surface area contributed by atoms with E-state index in [0.717, 1.165) is 22.6 Å². The topological polar surface area (TPSA) is 47.6 Å². The average Bonchev–Trinajstić information content (AvgIpc) is 2.56. The van der Waals surface area contributed by atoms with Crippen LogP contribution in [0, 0.1) is 12.8 Å². The highest BCUT2D eigenvalue weighted by molar-refractivity contribution is 6.04. The number of benzene rings is 2. The van der Waals surface area contributed by atoms with Gasteiger partial charge < -0.3 is 14.8 Å². The van der Waals surface area contributed by atoms with Gasteiger partial charge in [0.05, 0.1) is 13.2 Å². The number of hydrogen-bond acceptors (Lipinski definition) is 3. The number of aryl methyl sites for hydroxylation is 1. The van der Waals surface area contributed by atoms with Gasteiger partial charge in [0.1, 0.15) is 5.75 Å². The van der Waals surface area contributed by atoms with Crippen LogP contribution >= 0.6 is 0 Å². The number of carbonyl (C=O) groups is 1. The van der Waals surface area contributed by atoms with Crippen molar-refractivity contribution in [2.75, 3.05) is 18.5 Å². The summed E-state index contributed by atoms with van der Waals surface area (Å²) in [7, 11) is 0. The second kappa shape index (κ2) is 9.23. The van der Waals surface area contributed by atoms with E-state index in [9.17, 15) is 4.79 Å². The molecular weight excluding hydrogens is 314 g/mol. The highest BCUT2D eigenvalue weighted by Gasteiger charge is 2.11. The lowest BCUT2D eigenvalue weighted by Crippen LogP contribution is -2.13. The van der Waals surface area contributed by atoms with Crippen molar-refractivity contribution in [1.29, 1.82) is 0 Å². The van der Waals surface area contributed by atoms with E-state index >= 15 is 0 Å². The first kappa shape index (κ1) is 19.0. The van der Waals surface area contributed by atoms with Crippen LogP contribution in [0.5, 0.6) is 5.75 Å². The molecule has 0 bridgehead atoms. The second-order valence-electron chi connectivity index (χ2n) is 6.49. The highest BCUT2D eigenvalue weighted by atomic mass is 16.5. The van der Waals surface area contributed by atoms with E-state index in [1.54, 1.807) is 6.07 Å². The first-order valence-electron chi connectivity index (χ1n) is 8.71. The Morgan fingerprint density at radius 1 is 1.16 bits per heavy atom. The maximum atomic E-state index is 12.5. The molecule has 0 fully saturated rings. The number of amides is 1. The van der Waals surface area contributed by atoms with Crippen molar-refractivity contribution in [2.24, 2.45) is 5.92 Å². The molecule has 2 rings (SSSR count). The number of nitrogens with one attached hydrogen (secondary N) is 1. The molecule has 4 heteroatoms. The molecule has 0 aliphatic heterocycles. The third kappa shape index (κ3) is 5.91. The van der Waals surface area contributed by atoms with Crippen molar-refractivity contribution >= 4 is 11.6 Å². The van der Waals surface area contributed by atoms with Gasteiger partial charge in [0.2, 0.25) is 0 Å². The Bertz CT molecular complexity index is 710. The summed E-state index contributed by atoms with van der Waals surface area (Å²) in [6, 6.07) is 13.2. The normalized spacial score (nSPS) is 10.8. The minimum atomic E-state index is -0.140. The fourth-order valence-corrected chi connectivity index (χ4v) is 2.46. The highest BCUT2D eigenvalue weighted by Crippen LogP contribution is 2.22. The fourth-order valence-electron chi connectivity index (χ4n) is 2.46. The van der Waals surface area contributed by atoms with Crippen LogP contribution in [0.25, 0.3) is 0 Å². The molecule has 0 aromatic heterocycles. The van der Waals surface area contributed by atoms with E-state index < -0.39 is 0 Å². The summed E-state index contributed by atoms with van der Waals surface area (Å²) >= 11 is 0. The Morgan fingerprint density at radius 2 is 1.96 bits per heavy atom. The van der Waals surface area contributed by atoms with Gasteiger partial charge in [-0.1, -0.05) is 26.0 Å². The largest absolute Gasteiger partial charge is 0.494 e. The van der Waals surface area contributed by atoms with Crippen molar-refractivity contribution in [3.63, 3.8) is 0 Å². The molecular formula is C21H27NO3. The molecule has 0 unspecified atom stereocenters. The fraction of sp³-hybridized carbons (Fsp3) is 0.381. The molecule has 0 atom stereocenters. The van der Waals surface area contributed by atoms with Gasteiger partial charge in [-0.3, -0.25) is 4.79 Å². The van der Waals surface area contributed by atoms with E-state index in [1.807, 2.05) is 50.2 Å². The lowest BCUT2D eigenvalue weighted by Gasteiger charge is -2.14. The van der Waals surface area contributed by atoms with Crippen molar-refractivity contribution in [2.45, 2.75) is 34.3 Å². The standard InChI is InChI=1S/C21H27NO3/c1-5-25-20-10-9-17(12-18(20)14-24-13-15(2)3)21(23)22-19-8-6-7-16(4)11-19/h6-12,15H,5,13-14H2,1-4H3,(H,22,23).